The maximum atomic E-state index is 12.4. The van der Waals surface area contributed by atoms with E-state index in [4.69, 9.17) is 10.8 Å². The molecule has 6 heteroatoms. The summed E-state index contributed by atoms with van der Waals surface area (Å²) in [5, 5.41) is 9.12. The van der Waals surface area contributed by atoms with Crippen molar-refractivity contribution >= 4 is 11.5 Å². The van der Waals surface area contributed by atoms with Crippen LogP contribution in [-0.2, 0) is 6.18 Å². The fourth-order valence-electron chi connectivity index (χ4n) is 1.08. The number of rotatable bonds is 1. The number of phenols is 1. The van der Waals surface area contributed by atoms with Crippen LogP contribution in [0.2, 0.25) is 0 Å². The van der Waals surface area contributed by atoms with E-state index in [9.17, 15) is 18.0 Å². The van der Waals surface area contributed by atoms with Crippen molar-refractivity contribution in [3.63, 3.8) is 0 Å². The van der Waals surface area contributed by atoms with Gasteiger partial charge in [0.1, 0.15) is 5.75 Å². The smallest absolute Gasteiger partial charge is 0.418 e. The van der Waals surface area contributed by atoms with Gasteiger partial charge in [0.25, 0.3) is 0 Å². The molecule has 1 aromatic rings. The minimum Gasteiger partial charge on any atom is -0.506 e. The van der Waals surface area contributed by atoms with Crippen LogP contribution in [0.3, 0.4) is 0 Å². The lowest BCUT2D eigenvalue weighted by Gasteiger charge is -2.12. The zero-order chi connectivity index (χ0) is 11.8. The first kappa shape index (κ1) is 11.4. The van der Waals surface area contributed by atoms with E-state index >= 15 is 0 Å². The van der Waals surface area contributed by atoms with E-state index in [1.165, 1.54) is 0 Å². The maximum absolute atomic E-state index is 12.4. The van der Waals surface area contributed by atoms with Gasteiger partial charge in [0.2, 0.25) is 0 Å². The number of carbonyl (C=O) groups excluding carboxylic acids is 1. The Morgan fingerprint density at radius 3 is 2.33 bits per heavy atom. The molecule has 0 bridgehead atoms. The van der Waals surface area contributed by atoms with Crippen molar-refractivity contribution in [1.82, 2.24) is 0 Å². The summed E-state index contributed by atoms with van der Waals surface area (Å²) in [7, 11) is 0. The Morgan fingerprint density at radius 1 is 1.40 bits per heavy atom. The number of hydrogen-bond donors (Lipinski definition) is 2. The standard InChI is InChI=1S/C9H8F3NO2/c1-4(14)5-2-6(9(10,11)12)8(13)7(15)3-5/h2-3,15H,13H2,1H3. The highest BCUT2D eigenvalue weighted by molar-refractivity contribution is 5.95. The molecule has 0 saturated heterocycles. The van der Waals surface area contributed by atoms with Crippen molar-refractivity contribution < 1.29 is 23.1 Å². The number of benzene rings is 1. The van der Waals surface area contributed by atoms with Crippen LogP contribution in [0.1, 0.15) is 22.8 Å². The van der Waals surface area contributed by atoms with E-state index < -0.39 is 29.0 Å². The van der Waals surface area contributed by atoms with Crippen LogP contribution < -0.4 is 5.73 Å². The molecule has 1 aromatic carbocycles. The van der Waals surface area contributed by atoms with Crippen molar-refractivity contribution in [3.05, 3.63) is 23.3 Å². The zero-order valence-corrected chi connectivity index (χ0v) is 7.72. The van der Waals surface area contributed by atoms with Crippen molar-refractivity contribution in [2.75, 3.05) is 5.73 Å². The Balaban J connectivity index is 3.45. The lowest BCUT2D eigenvalue weighted by molar-refractivity contribution is -0.137. The zero-order valence-electron chi connectivity index (χ0n) is 7.72. The number of carbonyl (C=O) groups is 1. The molecule has 1 rings (SSSR count). The topological polar surface area (TPSA) is 63.3 Å². The number of aromatic hydroxyl groups is 1. The van der Waals surface area contributed by atoms with Crippen molar-refractivity contribution in [1.29, 1.82) is 0 Å². The SMILES string of the molecule is CC(=O)c1cc(O)c(N)c(C(F)(F)F)c1. The van der Waals surface area contributed by atoms with Gasteiger partial charge in [-0.25, -0.2) is 0 Å². The molecule has 0 unspecified atom stereocenters. The van der Waals surface area contributed by atoms with Crippen molar-refractivity contribution in [2.24, 2.45) is 0 Å². The summed E-state index contributed by atoms with van der Waals surface area (Å²) in [5.74, 6) is -1.31. The normalized spacial score (nSPS) is 11.5. The number of nitrogen functional groups attached to an aromatic ring is 1. The van der Waals surface area contributed by atoms with E-state index in [0.29, 0.717) is 6.07 Å². The number of alkyl halides is 3. The third-order valence-corrected chi connectivity index (χ3v) is 1.87. The average molecular weight is 219 g/mol. The highest BCUT2D eigenvalue weighted by Crippen LogP contribution is 2.38. The Bertz CT molecular complexity index is 413. The van der Waals surface area contributed by atoms with E-state index in [0.717, 1.165) is 13.0 Å². The Morgan fingerprint density at radius 2 is 1.93 bits per heavy atom. The third kappa shape index (κ3) is 2.20. The fraction of sp³-hybridized carbons (Fsp3) is 0.222. The summed E-state index contributed by atoms with van der Waals surface area (Å²) >= 11 is 0. The molecule has 0 aliphatic carbocycles. The van der Waals surface area contributed by atoms with Crippen LogP contribution in [0.25, 0.3) is 0 Å². The van der Waals surface area contributed by atoms with Gasteiger partial charge in [-0.3, -0.25) is 4.79 Å². The second-order valence-electron chi connectivity index (χ2n) is 3.01. The van der Waals surface area contributed by atoms with Gasteiger partial charge in [0.05, 0.1) is 11.3 Å². The Labute approximate surface area is 83.3 Å². The molecule has 0 atom stereocenters. The molecule has 3 nitrogen and oxygen atoms in total. The number of nitrogens with two attached hydrogens (primary N) is 1. The monoisotopic (exact) mass is 219 g/mol. The van der Waals surface area contributed by atoms with E-state index in [1.807, 2.05) is 0 Å². The van der Waals surface area contributed by atoms with Gasteiger partial charge >= 0.3 is 6.18 Å². The molecule has 0 saturated carbocycles. The molecule has 0 fully saturated rings. The highest BCUT2D eigenvalue weighted by Gasteiger charge is 2.34. The molecular formula is C9H8F3NO2. The lowest BCUT2D eigenvalue weighted by Crippen LogP contribution is -2.10. The van der Waals surface area contributed by atoms with Crippen LogP contribution in [0.5, 0.6) is 5.75 Å². The summed E-state index contributed by atoms with van der Waals surface area (Å²) in [6, 6.07) is 1.53. The van der Waals surface area contributed by atoms with Gasteiger partial charge in [-0.15, -0.1) is 0 Å². The average Bonchev–Trinajstić information content (AvgIpc) is 2.06. The third-order valence-electron chi connectivity index (χ3n) is 1.87. The predicted octanol–water partition coefficient (Wildman–Crippen LogP) is 2.20. The molecular weight excluding hydrogens is 211 g/mol. The van der Waals surface area contributed by atoms with Gasteiger partial charge in [-0.1, -0.05) is 0 Å². The van der Waals surface area contributed by atoms with Gasteiger partial charge in [0.15, 0.2) is 5.78 Å². The number of ketones is 1. The van der Waals surface area contributed by atoms with E-state index in [-0.39, 0.29) is 5.56 Å². The fourth-order valence-corrected chi connectivity index (χ4v) is 1.08. The molecule has 15 heavy (non-hydrogen) atoms. The van der Waals surface area contributed by atoms with Crippen LogP contribution in [-0.4, -0.2) is 10.9 Å². The first-order valence-electron chi connectivity index (χ1n) is 3.94. The largest absolute Gasteiger partial charge is 0.506 e. The van der Waals surface area contributed by atoms with E-state index in [1.54, 1.807) is 0 Å². The van der Waals surface area contributed by atoms with E-state index in [2.05, 4.69) is 0 Å². The van der Waals surface area contributed by atoms with Crippen LogP contribution >= 0.6 is 0 Å². The number of anilines is 1. The number of halogens is 3. The number of phenolic OH excluding ortho intramolecular Hbond substituents is 1. The highest BCUT2D eigenvalue weighted by atomic mass is 19.4. The summed E-state index contributed by atoms with van der Waals surface area (Å²) < 4.78 is 37.1. The second-order valence-corrected chi connectivity index (χ2v) is 3.01. The summed E-state index contributed by atoms with van der Waals surface area (Å²) in [6.45, 7) is 1.10. The molecule has 82 valence electrons. The van der Waals surface area contributed by atoms with Gasteiger partial charge in [0, 0.05) is 5.56 Å². The number of hydrogen-bond acceptors (Lipinski definition) is 3. The Hall–Kier alpha value is -1.72. The van der Waals surface area contributed by atoms with Crippen molar-refractivity contribution in [2.45, 2.75) is 13.1 Å². The van der Waals surface area contributed by atoms with Crippen LogP contribution in [0.15, 0.2) is 12.1 Å². The number of Topliss-reactive ketones (excluding diaryl/α,β-unsaturated/α-hetero) is 1. The van der Waals surface area contributed by atoms with Gasteiger partial charge < -0.3 is 10.8 Å². The molecule has 0 aliphatic rings. The summed E-state index contributed by atoms with van der Waals surface area (Å²) in [5.41, 5.74) is 2.86. The molecule has 0 aromatic heterocycles. The van der Waals surface area contributed by atoms with Crippen molar-refractivity contribution in [3.8, 4) is 5.75 Å². The molecule has 3 N–H and O–H groups in total. The van der Waals surface area contributed by atoms with Crippen LogP contribution in [0.4, 0.5) is 18.9 Å². The molecule has 0 aliphatic heterocycles. The van der Waals surface area contributed by atoms with Gasteiger partial charge in [-0.05, 0) is 19.1 Å². The molecule has 0 radical (unpaired) electrons. The quantitative estimate of drug-likeness (QED) is 0.432. The predicted molar refractivity (Wildman–Crippen MR) is 47.5 cm³/mol. The first-order valence-corrected chi connectivity index (χ1v) is 3.94. The van der Waals surface area contributed by atoms with Gasteiger partial charge in [-0.2, -0.15) is 13.2 Å². The first-order chi connectivity index (χ1) is 6.73. The maximum Gasteiger partial charge on any atom is 0.418 e. The lowest BCUT2D eigenvalue weighted by atomic mass is 10.0. The van der Waals surface area contributed by atoms with Crippen LogP contribution in [0, 0.1) is 0 Å². The minimum atomic E-state index is -4.69. The Kier molecular flexibility index (Phi) is 2.61. The summed E-state index contributed by atoms with van der Waals surface area (Å²) in [6.07, 6.45) is -4.69. The second kappa shape index (κ2) is 3.45. The molecule has 0 spiro atoms. The molecule has 0 amide bonds. The molecule has 0 heterocycles. The summed E-state index contributed by atoms with van der Waals surface area (Å²) in [4.78, 5) is 10.9. The minimum absolute atomic E-state index is 0.228.